The number of guanidine groups is 2. The zero-order valence-corrected chi connectivity index (χ0v) is 28.6. The molecule has 0 radical (unpaired) electrons. The Morgan fingerprint density at radius 1 is 0.780 bits per heavy atom. The van der Waals surface area contributed by atoms with Crippen molar-refractivity contribution in [2.45, 2.75) is 82.1 Å². The van der Waals surface area contributed by atoms with Crippen LogP contribution in [0.2, 0.25) is 0 Å². The Balaban J connectivity index is 1.73. The number of carbonyl (C=O) groups excluding carboxylic acids is 5. The van der Waals surface area contributed by atoms with Gasteiger partial charge in [0.15, 0.2) is 11.9 Å². The SMILES string of the molecule is C[C@H]1NC(=O)[C@@H]2CCCN2C(=O)[C@H](Cc2ccc3ccccc3c2)NC(=O)[C@H](CCCN=C(N)N)N(C)C(=O)[C@H](CCCN=C(N)N)NC1=O. The highest BCUT2D eigenvalue weighted by Crippen LogP contribution is 2.22. The number of likely N-dealkylation sites (N-methyl/N-ethyl adjacent to an activating group) is 1. The molecule has 2 aliphatic rings. The van der Waals surface area contributed by atoms with Gasteiger partial charge in [0.2, 0.25) is 29.5 Å². The molecule has 2 fully saturated rings. The van der Waals surface area contributed by atoms with Crippen LogP contribution in [0.15, 0.2) is 52.4 Å². The molecular weight excluding hydrogens is 642 g/mol. The van der Waals surface area contributed by atoms with Gasteiger partial charge in [0.25, 0.3) is 0 Å². The van der Waals surface area contributed by atoms with Crippen molar-refractivity contribution >= 4 is 52.2 Å². The first-order valence-corrected chi connectivity index (χ1v) is 16.9. The quantitative estimate of drug-likeness (QED) is 0.0895. The number of fused-ring (bicyclic) bond motifs is 2. The molecule has 16 nitrogen and oxygen atoms in total. The van der Waals surface area contributed by atoms with Gasteiger partial charge in [0, 0.05) is 33.1 Å². The van der Waals surface area contributed by atoms with Crippen molar-refractivity contribution in [3.63, 3.8) is 0 Å². The Hall–Kier alpha value is -5.41. The van der Waals surface area contributed by atoms with Gasteiger partial charge in [-0.2, -0.15) is 0 Å². The molecule has 11 N–H and O–H groups in total. The maximum absolute atomic E-state index is 14.3. The molecule has 16 heteroatoms. The molecule has 0 bridgehead atoms. The predicted octanol–water partition coefficient (Wildman–Crippen LogP) is -1.20. The van der Waals surface area contributed by atoms with Crippen LogP contribution in [-0.2, 0) is 30.4 Å². The maximum Gasteiger partial charge on any atom is 0.246 e. The van der Waals surface area contributed by atoms with Crippen LogP contribution in [0.4, 0.5) is 0 Å². The van der Waals surface area contributed by atoms with Gasteiger partial charge in [0.1, 0.15) is 30.2 Å². The number of nitrogens with zero attached hydrogens (tertiary/aromatic N) is 4. The molecule has 0 aromatic heterocycles. The lowest BCUT2D eigenvalue weighted by Gasteiger charge is -2.33. The Labute approximate surface area is 291 Å². The number of nitrogens with two attached hydrogens (primary N) is 4. The Bertz CT molecular complexity index is 1620. The summed E-state index contributed by atoms with van der Waals surface area (Å²) in [5.41, 5.74) is 22.7. The van der Waals surface area contributed by atoms with Gasteiger partial charge >= 0.3 is 0 Å². The zero-order chi connectivity index (χ0) is 36.4. The molecule has 0 aliphatic carbocycles. The van der Waals surface area contributed by atoms with Crippen LogP contribution < -0.4 is 38.9 Å². The van der Waals surface area contributed by atoms with Gasteiger partial charge in [-0.15, -0.1) is 0 Å². The van der Waals surface area contributed by atoms with Crippen molar-refractivity contribution in [3.8, 4) is 0 Å². The molecule has 2 heterocycles. The monoisotopic (exact) mass is 691 g/mol. The normalized spacial score (nSPS) is 23.6. The van der Waals surface area contributed by atoms with Crippen LogP contribution in [0.3, 0.4) is 0 Å². The van der Waals surface area contributed by atoms with Crippen LogP contribution in [-0.4, -0.2) is 108 Å². The van der Waals surface area contributed by atoms with Crippen molar-refractivity contribution in [2.24, 2.45) is 32.9 Å². The molecule has 5 amide bonds. The molecule has 2 aromatic carbocycles. The number of benzene rings is 2. The smallest absolute Gasteiger partial charge is 0.246 e. The number of carbonyl (C=O) groups is 5. The molecule has 2 aromatic rings. The van der Waals surface area contributed by atoms with Crippen molar-refractivity contribution in [2.75, 3.05) is 26.7 Å². The summed E-state index contributed by atoms with van der Waals surface area (Å²) in [6.07, 6.45) is 2.08. The predicted molar refractivity (Wildman–Crippen MR) is 190 cm³/mol. The highest BCUT2D eigenvalue weighted by atomic mass is 16.2. The summed E-state index contributed by atoms with van der Waals surface area (Å²) in [5, 5.41) is 10.4. The third-order valence-corrected chi connectivity index (χ3v) is 9.07. The average Bonchev–Trinajstić information content (AvgIpc) is 3.58. The van der Waals surface area contributed by atoms with E-state index in [0.717, 1.165) is 16.3 Å². The van der Waals surface area contributed by atoms with Crippen molar-refractivity contribution in [1.82, 2.24) is 25.8 Å². The molecular formula is C34H49N11O5. The van der Waals surface area contributed by atoms with Gasteiger partial charge in [-0.3, -0.25) is 34.0 Å². The number of rotatable bonds is 10. The minimum Gasteiger partial charge on any atom is -0.370 e. The summed E-state index contributed by atoms with van der Waals surface area (Å²) in [6, 6.07) is 8.58. The summed E-state index contributed by atoms with van der Waals surface area (Å²) >= 11 is 0. The van der Waals surface area contributed by atoms with Crippen LogP contribution in [0.5, 0.6) is 0 Å². The first kappa shape index (κ1) is 37.4. The second-order valence-corrected chi connectivity index (χ2v) is 12.8. The van der Waals surface area contributed by atoms with Gasteiger partial charge in [0.05, 0.1) is 0 Å². The first-order valence-electron chi connectivity index (χ1n) is 16.9. The van der Waals surface area contributed by atoms with Crippen molar-refractivity contribution in [1.29, 1.82) is 0 Å². The molecule has 2 saturated heterocycles. The Kier molecular flexibility index (Phi) is 12.9. The summed E-state index contributed by atoms with van der Waals surface area (Å²) in [7, 11) is 1.47. The van der Waals surface area contributed by atoms with Gasteiger partial charge in [-0.05, 0) is 61.8 Å². The van der Waals surface area contributed by atoms with E-state index in [2.05, 4.69) is 25.9 Å². The van der Waals surface area contributed by atoms with Crippen molar-refractivity contribution in [3.05, 3.63) is 48.0 Å². The molecule has 270 valence electrons. The summed E-state index contributed by atoms with van der Waals surface area (Å²) in [6.45, 7) is 2.22. The highest BCUT2D eigenvalue weighted by molar-refractivity contribution is 5.98. The largest absolute Gasteiger partial charge is 0.370 e. The lowest BCUT2D eigenvalue weighted by atomic mass is 9.99. The number of hydrogen-bond donors (Lipinski definition) is 7. The number of aliphatic imine (C=N–C) groups is 2. The summed E-state index contributed by atoms with van der Waals surface area (Å²) in [4.78, 5) is 80.2. The van der Waals surface area contributed by atoms with Gasteiger partial charge in [-0.25, -0.2) is 0 Å². The minimum absolute atomic E-state index is 0.108. The number of hydrogen-bond acceptors (Lipinski definition) is 7. The van der Waals surface area contributed by atoms with E-state index in [4.69, 9.17) is 22.9 Å². The Morgan fingerprint density at radius 2 is 1.42 bits per heavy atom. The zero-order valence-electron chi connectivity index (χ0n) is 28.6. The van der Waals surface area contributed by atoms with Crippen LogP contribution in [0.1, 0.15) is 51.0 Å². The molecule has 0 spiro atoms. The third kappa shape index (κ3) is 9.83. The maximum atomic E-state index is 14.3. The molecule has 4 rings (SSSR count). The second-order valence-electron chi connectivity index (χ2n) is 12.8. The van der Waals surface area contributed by atoms with E-state index in [1.54, 1.807) is 0 Å². The molecule has 5 atom stereocenters. The second kappa shape index (κ2) is 17.3. The molecule has 0 unspecified atom stereocenters. The van der Waals surface area contributed by atoms with Gasteiger partial charge in [-0.1, -0.05) is 42.5 Å². The van der Waals surface area contributed by atoms with E-state index in [1.807, 2.05) is 42.5 Å². The van der Waals surface area contributed by atoms with E-state index in [1.165, 1.54) is 23.8 Å². The molecule has 2 aliphatic heterocycles. The third-order valence-electron chi connectivity index (χ3n) is 9.07. The topological polar surface area (TPSA) is 257 Å². The van der Waals surface area contributed by atoms with E-state index in [9.17, 15) is 24.0 Å². The fourth-order valence-corrected chi connectivity index (χ4v) is 6.40. The van der Waals surface area contributed by atoms with E-state index >= 15 is 0 Å². The molecule has 0 saturated carbocycles. The highest BCUT2D eigenvalue weighted by Gasteiger charge is 2.41. The lowest BCUT2D eigenvalue weighted by molar-refractivity contribution is -0.144. The Morgan fingerprint density at radius 3 is 2.10 bits per heavy atom. The summed E-state index contributed by atoms with van der Waals surface area (Å²) < 4.78 is 0. The van der Waals surface area contributed by atoms with Gasteiger partial charge < -0.3 is 48.7 Å². The number of nitrogens with one attached hydrogen (secondary N) is 3. The van der Waals surface area contributed by atoms with Crippen LogP contribution in [0, 0.1) is 0 Å². The van der Waals surface area contributed by atoms with E-state index in [0.29, 0.717) is 32.2 Å². The summed E-state index contributed by atoms with van der Waals surface area (Å²) in [5.74, 6) is -2.85. The fourth-order valence-electron chi connectivity index (χ4n) is 6.40. The lowest BCUT2D eigenvalue weighted by Crippen LogP contribution is -2.58. The minimum atomic E-state index is -1.07. The molecule has 50 heavy (non-hydrogen) atoms. The van der Waals surface area contributed by atoms with E-state index < -0.39 is 59.7 Å². The standard InChI is InChI=1S/C34H49N11O5/c1-20-28(46)42-24(10-5-15-39-33(35)36)31(49)44(2)26(11-6-16-40-34(37)38)29(47)43-25(32(50)45-17-7-12-27(45)30(48)41-20)19-21-13-14-22-8-3-4-9-23(22)18-21/h3-4,8-9,13-14,18,20,24-27H,5-7,10-12,15-17,19H2,1-2H3,(H,41,48)(H,42,46)(H,43,47)(H4,35,36,39)(H4,37,38,40)/t20-,24+,25+,26+,27+/m1/s1. The number of amides is 5. The van der Waals surface area contributed by atoms with E-state index in [-0.39, 0.29) is 44.3 Å². The average molecular weight is 692 g/mol. The van der Waals surface area contributed by atoms with Crippen molar-refractivity contribution < 1.29 is 24.0 Å². The fraction of sp³-hybridized carbons (Fsp3) is 0.500. The first-order chi connectivity index (χ1) is 23.8. The van der Waals surface area contributed by atoms with Crippen LogP contribution >= 0.6 is 0 Å². The van der Waals surface area contributed by atoms with Crippen LogP contribution in [0.25, 0.3) is 10.8 Å².